The number of hydrogen-bond donors (Lipinski definition) is 5. The van der Waals surface area contributed by atoms with Crippen LogP contribution in [0, 0.1) is 0 Å². The van der Waals surface area contributed by atoms with E-state index in [-0.39, 0.29) is 27.5 Å². The van der Waals surface area contributed by atoms with Gasteiger partial charge in [-0.2, -0.15) is 0 Å². The number of thiazole rings is 1. The van der Waals surface area contributed by atoms with Crippen LogP contribution in [0.5, 0.6) is 0 Å². The molecule has 27 heavy (non-hydrogen) atoms. The first-order valence-electron chi connectivity index (χ1n) is 7.17. The van der Waals surface area contributed by atoms with E-state index in [1.165, 1.54) is 17.4 Å². The smallest absolute Gasteiger partial charge is 0.304 e. The molecule has 2 aromatic rings. The van der Waals surface area contributed by atoms with Gasteiger partial charge in [0.15, 0.2) is 5.11 Å². The summed E-state index contributed by atoms with van der Waals surface area (Å²) in [6, 6.07) is 4.93. The van der Waals surface area contributed by atoms with E-state index in [0.717, 1.165) is 11.8 Å². The highest BCUT2D eigenvalue weighted by Crippen LogP contribution is 2.06. The van der Waals surface area contributed by atoms with Gasteiger partial charge in [0.05, 0.1) is 12.3 Å². The summed E-state index contributed by atoms with van der Waals surface area (Å²) in [5.41, 5.74) is -0.0532. The molecule has 0 atom stereocenters. The molecule has 4 heterocycles. The van der Waals surface area contributed by atoms with Crippen molar-refractivity contribution < 1.29 is 14.4 Å². The maximum atomic E-state index is 10.2. The summed E-state index contributed by atoms with van der Waals surface area (Å²) in [5, 5.41) is 9.05. The minimum atomic E-state index is -0.231. The van der Waals surface area contributed by atoms with Crippen LogP contribution < -0.4 is 26.4 Å². The Labute approximate surface area is 166 Å². The Hall–Kier alpha value is -2.77. The van der Waals surface area contributed by atoms with E-state index in [1.54, 1.807) is 29.9 Å². The standard InChI is InChI=1S/C5H5NO.C3H4N2OS.C3H3NO2S.C3H3NOS/c7-5-3-1-2-4-6-5;6-2-1-4-3(7)5-2;5-2-1-7-3(6)4-2;5-3-4-1-2-6-3/h1-4H,(H,6,7);1H2,(H2,4,5,6,7);1H2,(H,4,5,6);1-2H,(H,4,5). The molecule has 2 aliphatic heterocycles. The molecule has 0 aromatic carbocycles. The fourth-order valence-electron chi connectivity index (χ4n) is 1.30. The number of carbonyl (C=O) groups excluding carboxylic acids is 3. The SMILES string of the molecule is O=C1CNC(=S)N1.O=C1CSC(=O)N1.O=c1[nH]ccs1.O=c1cccc[nH]1. The van der Waals surface area contributed by atoms with Crippen LogP contribution in [-0.2, 0) is 9.59 Å². The Balaban J connectivity index is 0.000000180. The molecule has 13 heteroatoms. The van der Waals surface area contributed by atoms with Gasteiger partial charge in [-0.3, -0.25) is 29.3 Å². The van der Waals surface area contributed by atoms with Crippen molar-refractivity contribution in [3.8, 4) is 0 Å². The van der Waals surface area contributed by atoms with E-state index < -0.39 is 0 Å². The second kappa shape index (κ2) is 12.6. The molecule has 0 spiro atoms. The monoisotopic (exact) mass is 429 g/mol. The zero-order valence-electron chi connectivity index (χ0n) is 13.6. The second-order valence-corrected chi connectivity index (χ2v) is 6.67. The number of amides is 3. The van der Waals surface area contributed by atoms with Crippen LogP contribution in [0.25, 0.3) is 0 Å². The van der Waals surface area contributed by atoms with E-state index >= 15 is 0 Å². The van der Waals surface area contributed by atoms with Crippen molar-refractivity contribution in [1.82, 2.24) is 25.9 Å². The Morgan fingerprint density at radius 3 is 1.89 bits per heavy atom. The average molecular weight is 430 g/mol. The van der Waals surface area contributed by atoms with Crippen LogP contribution in [-0.4, -0.2) is 44.4 Å². The Kier molecular flexibility index (Phi) is 10.4. The van der Waals surface area contributed by atoms with Gasteiger partial charge in [-0.15, -0.1) is 0 Å². The van der Waals surface area contributed by atoms with E-state index in [0.29, 0.717) is 17.4 Å². The van der Waals surface area contributed by atoms with Crippen LogP contribution in [0.3, 0.4) is 0 Å². The molecule has 10 nitrogen and oxygen atoms in total. The summed E-state index contributed by atoms with van der Waals surface area (Å²) < 4.78 is 0. The normalized spacial score (nSPS) is 14.2. The number of nitrogens with one attached hydrogen (secondary N) is 5. The Morgan fingerprint density at radius 2 is 1.70 bits per heavy atom. The molecule has 0 bridgehead atoms. The number of H-pyrrole nitrogens is 2. The minimum absolute atomic E-state index is 0.00926. The summed E-state index contributed by atoms with van der Waals surface area (Å²) in [4.78, 5) is 55.6. The number of hydrogen-bond acceptors (Lipinski definition) is 8. The maximum Gasteiger partial charge on any atom is 0.304 e. The molecular formula is C14H15N5O5S3. The molecule has 0 unspecified atom stereocenters. The van der Waals surface area contributed by atoms with Crippen LogP contribution in [0.4, 0.5) is 4.79 Å². The first-order valence-corrected chi connectivity index (χ1v) is 9.44. The molecule has 2 saturated heterocycles. The molecule has 5 N–H and O–H groups in total. The Bertz CT molecular complexity index is 799. The van der Waals surface area contributed by atoms with Crippen molar-refractivity contribution in [2.75, 3.05) is 12.3 Å². The first kappa shape index (κ1) is 22.3. The lowest BCUT2D eigenvalue weighted by molar-refractivity contribution is -0.118. The zero-order chi connectivity index (χ0) is 20.1. The van der Waals surface area contributed by atoms with Crippen molar-refractivity contribution in [1.29, 1.82) is 0 Å². The van der Waals surface area contributed by atoms with E-state index in [9.17, 15) is 24.0 Å². The minimum Gasteiger partial charge on any atom is -0.353 e. The van der Waals surface area contributed by atoms with Crippen LogP contribution in [0.2, 0.25) is 0 Å². The highest BCUT2D eigenvalue weighted by atomic mass is 32.2. The fraction of sp³-hybridized carbons (Fsp3) is 0.143. The van der Waals surface area contributed by atoms with E-state index in [1.807, 2.05) is 0 Å². The summed E-state index contributed by atoms with van der Waals surface area (Å²) in [6.07, 6.45) is 3.22. The third-order valence-corrected chi connectivity index (χ3v) is 3.98. The van der Waals surface area contributed by atoms with Gasteiger partial charge in [0.2, 0.25) is 17.4 Å². The van der Waals surface area contributed by atoms with Gasteiger partial charge in [-0.05, 0) is 18.3 Å². The first-order chi connectivity index (χ1) is 12.9. The third kappa shape index (κ3) is 11.5. The number of thiocarbonyl (C=S) groups is 1. The molecule has 4 rings (SSSR count). The zero-order valence-corrected chi connectivity index (χ0v) is 16.1. The van der Waals surface area contributed by atoms with Gasteiger partial charge in [0.1, 0.15) is 0 Å². The fourth-order valence-corrected chi connectivity index (χ4v) is 2.40. The lowest BCUT2D eigenvalue weighted by atomic mass is 10.5. The number of thioether (sulfide) groups is 1. The van der Waals surface area contributed by atoms with Gasteiger partial charge in [-0.1, -0.05) is 29.2 Å². The van der Waals surface area contributed by atoms with Gasteiger partial charge >= 0.3 is 4.87 Å². The average Bonchev–Trinajstić information content (AvgIpc) is 3.35. The molecule has 144 valence electrons. The highest BCUT2D eigenvalue weighted by Gasteiger charge is 2.16. The summed E-state index contributed by atoms with van der Waals surface area (Å²) in [7, 11) is 0. The van der Waals surface area contributed by atoms with E-state index in [4.69, 9.17) is 0 Å². The van der Waals surface area contributed by atoms with Crippen molar-refractivity contribution >= 4 is 57.5 Å². The number of imide groups is 1. The van der Waals surface area contributed by atoms with E-state index in [2.05, 4.69) is 38.1 Å². The molecule has 3 amide bonds. The van der Waals surface area contributed by atoms with Crippen molar-refractivity contribution in [3.05, 3.63) is 56.0 Å². The molecule has 2 aromatic heterocycles. The molecule has 0 aliphatic carbocycles. The molecule has 0 saturated carbocycles. The molecule has 2 aliphatic rings. The van der Waals surface area contributed by atoms with Crippen LogP contribution >= 0.6 is 35.3 Å². The number of pyridine rings is 1. The lowest BCUT2D eigenvalue weighted by Gasteiger charge is -1.83. The predicted octanol–water partition coefficient (Wildman–Crippen LogP) is -0.229. The summed E-state index contributed by atoms with van der Waals surface area (Å²) in [5.74, 6) is 0.0544. The number of rotatable bonds is 0. The number of carbonyl (C=O) groups is 3. The van der Waals surface area contributed by atoms with Gasteiger partial charge in [0, 0.05) is 23.8 Å². The number of aromatic nitrogens is 2. The molecule has 2 fully saturated rings. The maximum absolute atomic E-state index is 10.2. The van der Waals surface area contributed by atoms with Gasteiger partial charge < -0.3 is 20.6 Å². The number of aromatic amines is 2. The van der Waals surface area contributed by atoms with Crippen molar-refractivity contribution in [2.24, 2.45) is 0 Å². The Morgan fingerprint density at radius 1 is 0.926 bits per heavy atom. The predicted molar refractivity (Wildman–Crippen MR) is 107 cm³/mol. The molecule has 0 radical (unpaired) electrons. The third-order valence-electron chi connectivity index (χ3n) is 2.36. The quantitative estimate of drug-likeness (QED) is 0.360. The lowest BCUT2D eigenvalue weighted by Crippen LogP contribution is -2.21. The topological polar surface area (TPSA) is 153 Å². The summed E-state index contributed by atoms with van der Waals surface area (Å²) in [6.45, 7) is 0.332. The van der Waals surface area contributed by atoms with Gasteiger partial charge in [-0.25, -0.2) is 0 Å². The highest BCUT2D eigenvalue weighted by molar-refractivity contribution is 8.14. The van der Waals surface area contributed by atoms with Crippen molar-refractivity contribution in [2.45, 2.75) is 0 Å². The van der Waals surface area contributed by atoms with Crippen molar-refractivity contribution in [3.63, 3.8) is 0 Å². The second-order valence-electron chi connectivity index (χ2n) is 4.43. The largest absolute Gasteiger partial charge is 0.353 e. The van der Waals surface area contributed by atoms with Gasteiger partial charge in [0.25, 0.3) is 5.24 Å². The summed E-state index contributed by atoms with van der Waals surface area (Å²) >= 11 is 6.73. The van der Waals surface area contributed by atoms with Crippen LogP contribution in [0.15, 0.2) is 45.6 Å². The van der Waals surface area contributed by atoms with Crippen LogP contribution in [0.1, 0.15) is 0 Å². The molecular weight excluding hydrogens is 414 g/mol.